The number of para-hydroxylation sites is 1. The maximum Gasteiger partial charge on any atom is 0.259 e. The molecule has 6 rings (SSSR count). The average molecular weight is 419 g/mol. The average Bonchev–Trinajstić information content (AvgIpc) is 3.24. The first-order valence-electron chi connectivity index (χ1n) is 10.3. The summed E-state index contributed by atoms with van der Waals surface area (Å²) >= 11 is 6.36. The first-order chi connectivity index (χ1) is 14.6. The Morgan fingerprint density at radius 1 is 1.10 bits per heavy atom. The highest BCUT2D eigenvalue weighted by Gasteiger charge is 2.66. The van der Waals surface area contributed by atoms with Crippen molar-refractivity contribution >= 4 is 46.3 Å². The zero-order valence-electron chi connectivity index (χ0n) is 16.1. The normalized spacial score (nSPS) is 29.2. The smallest absolute Gasteiger partial charge is 0.259 e. The number of rotatable bonds is 1. The van der Waals surface area contributed by atoms with Crippen molar-refractivity contribution in [1.82, 2.24) is 0 Å². The number of carbonyl (C=O) groups is 2. The van der Waals surface area contributed by atoms with E-state index in [1.807, 2.05) is 42.5 Å². The predicted octanol–water partition coefficient (Wildman–Crippen LogP) is 4.15. The quantitative estimate of drug-likeness (QED) is 0.755. The van der Waals surface area contributed by atoms with Crippen molar-refractivity contribution in [3.63, 3.8) is 0 Å². The van der Waals surface area contributed by atoms with Gasteiger partial charge in [0.2, 0.25) is 5.91 Å². The Kier molecular flexibility index (Phi) is 3.72. The van der Waals surface area contributed by atoms with Crippen molar-refractivity contribution in [3.05, 3.63) is 59.1 Å². The molecular weight excluding hydrogens is 400 g/mol. The van der Waals surface area contributed by atoms with Crippen LogP contribution < -0.4 is 10.3 Å². The summed E-state index contributed by atoms with van der Waals surface area (Å²) in [5.74, 6) is -0.827. The van der Waals surface area contributed by atoms with Crippen LogP contribution in [0.15, 0.2) is 58.6 Å². The predicted molar refractivity (Wildman–Crippen MR) is 116 cm³/mol. The Bertz CT molecular complexity index is 1160. The number of hydrogen-bond donors (Lipinski definition) is 1. The van der Waals surface area contributed by atoms with Crippen molar-refractivity contribution in [2.45, 2.75) is 31.1 Å². The second-order valence-corrected chi connectivity index (χ2v) is 8.73. The molecule has 0 aromatic heterocycles. The first-order valence-corrected chi connectivity index (χ1v) is 10.6. The van der Waals surface area contributed by atoms with Crippen molar-refractivity contribution in [1.29, 1.82) is 0 Å². The lowest BCUT2D eigenvalue weighted by Crippen LogP contribution is -2.58. The molecule has 1 N–H and O–H groups in total. The van der Waals surface area contributed by atoms with Gasteiger partial charge in [0.1, 0.15) is 11.3 Å². The number of nitrogens with zero attached hydrogens (tertiary/aromatic N) is 3. The van der Waals surface area contributed by atoms with Gasteiger partial charge >= 0.3 is 0 Å². The first kappa shape index (κ1) is 17.8. The van der Waals surface area contributed by atoms with Gasteiger partial charge in [-0.2, -0.15) is 5.01 Å². The molecule has 1 aliphatic carbocycles. The van der Waals surface area contributed by atoms with Crippen molar-refractivity contribution in [2.75, 3.05) is 10.3 Å². The monoisotopic (exact) mass is 418 g/mol. The zero-order chi connectivity index (χ0) is 20.5. The van der Waals surface area contributed by atoms with Crippen LogP contribution in [0.1, 0.15) is 31.2 Å². The van der Waals surface area contributed by atoms with E-state index in [0.717, 1.165) is 42.6 Å². The standard InChI is InChI=1S/C23H19ClN4O2/c24-13-10-11-18-16(12-13)23(22(30)26-18)15-8-4-5-9-17(15)25-20-19(23)21(29)28(27-20)14-6-2-1-3-7-14/h1-3,6-7,10-12,15,19H,4-5,8-9H2,(H,26,30). The lowest BCUT2D eigenvalue weighted by molar-refractivity contribution is -0.130. The van der Waals surface area contributed by atoms with Crippen LogP contribution in [0.4, 0.5) is 11.4 Å². The van der Waals surface area contributed by atoms with Gasteiger partial charge in [-0.1, -0.05) is 36.2 Å². The molecule has 30 heavy (non-hydrogen) atoms. The van der Waals surface area contributed by atoms with E-state index >= 15 is 0 Å². The minimum absolute atomic E-state index is 0.130. The molecule has 1 saturated carbocycles. The van der Waals surface area contributed by atoms with Crippen LogP contribution >= 0.6 is 11.6 Å². The van der Waals surface area contributed by atoms with E-state index in [4.69, 9.17) is 16.6 Å². The SMILES string of the molecule is O=C1C2C(=NN1c1ccccc1)N=C1CCCCC1C21C(=O)Nc2ccc(Cl)cc21. The van der Waals surface area contributed by atoms with Gasteiger partial charge in [0.05, 0.1) is 5.69 Å². The highest BCUT2D eigenvalue weighted by atomic mass is 35.5. The molecule has 2 amide bonds. The molecule has 0 radical (unpaired) electrons. The van der Waals surface area contributed by atoms with Crippen LogP contribution in [0.5, 0.6) is 0 Å². The number of benzene rings is 2. The number of halogens is 1. The van der Waals surface area contributed by atoms with Crippen LogP contribution in [-0.4, -0.2) is 23.4 Å². The number of aliphatic imine (C=N–C) groups is 1. The Morgan fingerprint density at radius 3 is 2.77 bits per heavy atom. The minimum Gasteiger partial charge on any atom is -0.325 e. The van der Waals surface area contributed by atoms with Crippen LogP contribution in [0.2, 0.25) is 5.02 Å². The van der Waals surface area contributed by atoms with Crippen LogP contribution in [-0.2, 0) is 15.0 Å². The number of hydrogen-bond acceptors (Lipinski definition) is 4. The molecule has 2 aromatic carbocycles. The zero-order valence-corrected chi connectivity index (χ0v) is 16.9. The van der Waals surface area contributed by atoms with Crippen LogP contribution in [0.3, 0.4) is 0 Å². The summed E-state index contributed by atoms with van der Waals surface area (Å²) in [4.78, 5) is 32.2. The van der Waals surface area contributed by atoms with Gasteiger partial charge in [-0.15, -0.1) is 5.10 Å². The van der Waals surface area contributed by atoms with Gasteiger partial charge in [-0.3, -0.25) is 9.59 Å². The Morgan fingerprint density at radius 2 is 1.93 bits per heavy atom. The third kappa shape index (κ3) is 2.20. The molecule has 3 heterocycles. The molecule has 0 bridgehead atoms. The summed E-state index contributed by atoms with van der Waals surface area (Å²) in [6.45, 7) is 0. The fraction of sp³-hybridized carbons (Fsp3) is 0.304. The molecule has 2 aromatic rings. The van der Waals surface area contributed by atoms with E-state index in [1.54, 1.807) is 6.07 Å². The molecule has 3 atom stereocenters. The van der Waals surface area contributed by atoms with E-state index in [0.29, 0.717) is 16.5 Å². The fourth-order valence-electron chi connectivity index (χ4n) is 5.60. The topological polar surface area (TPSA) is 74.1 Å². The Labute approximate surface area is 178 Å². The molecule has 1 spiro atoms. The van der Waals surface area contributed by atoms with Crippen molar-refractivity contribution < 1.29 is 9.59 Å². The van der Waals surface area contributed by atoms with Gasteiger partial charge < -0.3 is 5.32 Å². The molecule has 3 unspecified atom stereocenters. The number of nitrogens with one attached hydrogen (secondary N) is 1. The number of carbonyl (C=O) groups excluding carboxylic acids is 2. The summed E-state index contributed by atoms with van der Waals surface area (Å²) in [5, 5.41) is 9.58. The third-order valence-corrected chi connectivity index (χ3v) is 7.04. The summed E-state index contributed by atoms with van der Waals surface area (Å²) < 4.78 is 0. The van der Waals surface area contributed by atoms with Gasteiger partial charge in [0, 0.05) is 22.3 Å². The molecule has 7 heteroatoms. The summed E-state index contributed by atoms with van der Waals surface area (Å²) in [7, 11) is 0. The molecule has 1 fully saturated rings. The maximum absolute atomic E-state index is 13.7. The van der Waals surface area contributed by atoms with Gasteiger partial charge in [0.25, 0.3) is 5.91 Å². The minimum atomic E-state index is -1.06. The van der Waals surface area contributed by atoms with Gasteiger partial charge in [0.15, 0.2) is 5.84 Å². The third-order valence-electron chi connectivity index (χ3n) is 6.81. The molecular formula is C23H19ClN4O2. The van der Waals surface area contributed by atoms with Gasteiger partial charge in [-0.05, 0) is 55.2 Å². The van der Waals surface area contributed by atoms with E-state index in [1.165, 1.54) is 5.01 Å². The molecule has 150 valence electrons. The fourth-order valence-corrected chi connectivity index (χ4v) is 5.77. The number of amides is 2. The van der Waals surface area contributed by atoms with E-state index < -0.39 is 11.3 Å². The maximum atomic E-state index is 13.7. The van der Waals surface area contributed by atoms with Crippen LogP contribution in [0, 0.1) is 11.8 Å². The largest absolute Gasteiger partial charge is 0.325 e. The number of anilines is 2. The van der Waals surface area contributed by atoms with Crippen LogP contribution in [0.25, 0.3) is 0 Å². The Hall–Kier alpha value is -2.99. The number of fused-ring (bicyclic) bond motifs is 6. The Balaban J connectivity index is 1.60. The molecule has 4 aliphatic rings. The second kappa shape index (κ2) is 6.25. The van der Waals surface area contributed by atoms with Gasteiger partial charge in [-0.25, -0.2) is 4.99 Å². The summed E-state index contributed by atoms with van der Waals surface area (Å²) in [6, 6.07) is 14.7. The molecule has 3 aliphatic heterocycles. The van der Waals surface area contributed by atoms with Crippen molar-refractivity contribution in [2.24, 2.45) is 21.9 Å². The lowest BCUT2D eigenvalue weighted by Gasteiger charge is -2.44. The highest BCUT2D eigenvalue weighted by Crippen LogP contribution is 2.56. The summed E-state index contributed by atoms with van der Waals surface area (Å²) in [6.07, 6.45) is 3.68. The molecule has 0 saturated heterocycles. The van der Waals surface area contributed by atoms with Crippen molar-refractivity contribution in [3.8, 4) is 0 Å². The number of amidine groups is 1. The highest BCUT2D eigenvalue weighted by molar-refractivity contribution is 6.31. The molecule has 6 nitrogen and oxygen atoms in total. The number of hydrazone groups is 1. The van der Waals surface area contributed by atoms with E-state index in [9.17, 15) is 9.59 Å². The summed E-state index contributed by atoms with van der Waals surface area (Å²) in [5.41, 5.74) is 2.10. The second-order valence-electron chi connectivity index (χ2n) is 8.29. The lowest BCUT2D eigenvalue weighted by atomic mass is 9.56. The van der Waals surface area contributed by atoms with E-state index in [-0.39, 0.29) is 17.7 Å². The van der Waals surface area contributed by atoms with E-state index in [2.05, 4.69) is 10.4 Å².